The maximum absolute atomic E-state index is 13.8. The molecule has 0 aliphatic heterocycles. The van der Waals surface area contributed by atoms with Crippen molar-refractivity contribution >= 4 is 23.4 Å². The molecule has 0 saturated carbocycles. The zero-order valence-electron chi connectivity index (χ0n) is 11.6. The van der Waals surface area contributed by atoms with Crippen LogP contribution in [-0.2, 0) is 6.54 Å². The number of hydrogen-bond acceptors (Lipinski definition) is 2. The molecule has 2 aromatic carbocycles. The highest BCUT2D eigenvalue weighted by Gasteiger charge is 2.12. The van der Waals surface area contributed by atoms with Gasteiger partial charge in [0.25, 0.3) is 0 Å². The first kappa shape index (κ1) is 16.3. The molecule has 0 heterocycles. The lowest BCUT2D eigenvalue weighted by atomic mass is 10.2. The first-order valence-corrected chi connectivity index (χ1v) is 7.92. The molecule has 0 atom stereocenters. The SMILES string of the molecule is CCCNCc1cccc(Cl)c1Sc1cc(F)ccc1F. The van der Waals surface area contributed by atoms with E-state index >= 15 is 0 Å². The van der Waals surface area contributed by atoms with Gasteiger partial charge in [-0.2, -0.15) is 0 Å². The molecular weight excluding hydrogens is 312 g/mol. The van der Waals surface area contributed by atoms with Crippen LogP contribution in [0.2, 0.25) is 5.02 Å². The summed E-state index contributed by atoms with van der Waals surface area (Å²) < 4.78 is 27.1. The molecule has 0 radical (unpaired) electrons. The van der Waals surface area contributed by atoms with Crippen LogP contribution in [0.15, 0.2) is 46.2 Å². The third kappa shape index (κ3) is 4.43. The van der Waals surface area contributed by atoms with Gasteiger partial charge in [-0.15, -0.1) is 0 Å². The summed E-state index contributed by atoms with van der Waals surface area (Å²) in [7, 11) is 0. The van der Waals surface area contributed by atoms with E-state index in [1.54, 1.807) is 6.07 Å². The third-order valence-electron chi connectivity index (χ3n) is 2.90. The molecule has 0 saturated heterocycles. The summed E-state index contributed by atoms with van der Waals surface area (Å²) in [4.78, 5) is 0.993. The summed E-state index contributed by atoms with van der Waals surface area (Å²) in [5.74, 6) is -0.912. The quantitative estimate of drug-likeness (QED) is 0.725. The van der Waals surface area contributed by atoms with Gasteiger partial charge < -0.3 is 5.32 Å². The Kier molecular flexibility index (Phi) is 6.03. The molecule has 21 heavy (non-hydrogen) atoms. The van der Waals surface area contributed by atoms with Crippen molar-refractivity contribution < 1.29 is 8.78 Å². The van der Waals surface area contributed by atoms with E-state index in [-0.39, 0.29) is 4.90 Å². The predicted octanol–water partition coefficient (Wildman–Crippen LogP) is 5.27. The largest absolute Gasteiger partial charge is 0.313 e. The molecule has 0 fully saturated rings. The second kappa shape index (κ2) is 7.78. The van der Waals surface area contributed by atoms with Gasteiger partial charge >= 0.3 is 0 Å². The van der Waals surface area contributed by atoms with Crippen molar-refractivity contribution in [1.82, 2.24) is 5.32 Å². The normalized spacial score (nSPS) is 10.9. The van der Waals surface area contributed by atoms with Gasteiger partial charge in [-0.1, -0.05) is 42.4 Å². The van der Waals surface area contributed by atoms with Gasteiger partial charge in [0.15, 0.2) is 0 Å². The topological polar surface area (TPSA) is 12.0 Å². The molecular formula is C16H16ClF2NS. The summed E-state index contributed by atoms with van der Waals surface area (Å²) >= 11 is 7.37. The molecule has 2 rings (SSSR count). The fraction of sp³-hybridized carbons (Fsp3) is 0.250. The Morgan fingerprint density at radius 1 is 1.19 bits per heavy atom. The smallest absolute Gasteiger partial charge is 0.137 e. The Morgan fingerprint density at radius 2 is 2.00 bits per heavy atom. The second-order valence-corrected chi connectivity index (χ2v) is 6.04. The summed E-state index contributed by atoms with van der Waals surface area (Å²) in [6, 6.07) is 8.97. The van der Waals surface area contributed by atoms with E-state index in [4.69, 9.17) is 11.6 Å². The van der Waals surface area contributed by atoms with Crippen LogP contribution in [0.5, 0.6) is 0 Å². The lowest BCUT2D eigenvalue weighted by molar-refractivity contribution is 0.577. The zero-order valence-corrected chi connectivity index (χ0v) is 13.2. The average molecular weight is 328 g/mol. The molecule has 0 aliphatic carbocycles. The average Bonchev–Trinajstić information content (AvgIpc) is 2.46. The molecule has 0 spiro atoms. The Hall–Kier alpha value is -1.10. The zero-order chi connectivity index (χ0) is 15.2. The van der Waals surface area contributed by atoms with Gasteiger partial charge in [-0.05, 0) is 42.8 Å². The summed E-state index contributed by atoms with van der Waals surface area (Å²) in [6.07, 6.45) is 1.03. The minimum Gasteiger partial charge on any atom is -0.313 e. The Balaban J connectivity index is 2.27. The lowest BCUT2D eigenvalue weighted by Gasteiger charge is -2.12. The van der Waals surface area contributed by atoms with Gasteiger partial charge in [0.05, 0.1) is 9.92 Å². The Labute approximate surface area is 132 Å². The van der Waals surface area contributed by atoms with Crippen molar-refractivity contribution in [3.05, 3.63) is 58.6 Å². The monoisotopic (exact) mass is 327 g/mol. The lowest BCUT2D eigenvalue weighted by Crippen LogP contribution is -2.14. The minimum absolute atomic E-state index is 0.236. The fourth-order valence-corrected chi connectivity index (χ4v) is 3.18. The fourth-order valence-electron chi connectivity index (χ4n) is 1.87. The summed E-state index contributed by atoms with van der Waals surface area (Å²) in [5.41, 5.74) is 0.976. The van der Waals surface area contributed by atoms with Gasteiger partial charge in [-0.3, -0.25) is 0 Å². The van der Waals surface area contributed by atoms with Crippen molar-refractivity contribution in [2.45, 2.75) is 29.7 Å². The maximum Gasteiger partial charge on any atom is 0.137 e. The van der Waals surface area contributed by atoms with E-state index in [0.717, 1.165) is 47.3 Å². The summed E-state index contributed by atoms with van der Waals surface area (Å²) in [5, 5.41) is 3.83. The van der Waals surface area contributed by atoms with E-state index < -0.39 is 11.6 Å². The number of benzene rings is 2. The highest BCUT2D eigenvalue weighted by Crippen LogP contribution is 2.37. The molecule has 0 aromatic heterocycles. The van der Waals surface area contributed by atoms with Crippen LogP contribution in [0.4, 0.5) is 8.78 Å². The molecule has 0 unspecified atom stereocenters. The number of hydrogen-bond donors (Lipinski definition) is 1. The van der Waals surface area contributed by atoms with Gasteiger partial charge in [0.1, 0.15) is 11.6 Å². The van der Waals surface area contributed by atoms with Crippen molar-refractivity contribution in [2.24, 2.45) is 0 Å². The number of nitrogens with one attached hydrogen (secondary N) is 1. The van der Waals surface area contributed by atoms with E-state index in [2.05, 4.69) is 12.2 Å². The van der Waals surface area contributed by atoms with Gasteiger partial charge in [-0.25, -0.2) is 8.78 Å². The molecule has 2 aromatic rings. The third-order valence-corrected chi connectivity index (χ3v) is 4.54. The standard InChI is InChI=1S/C16H16ClF2NS/c1-2-8-20-10-11-4-3-5-13(17)16(11)21-15-9-12(18)6-7-14(15)19/h3-7,9,20H,2,8,10H2,1H3. The van der Waals surface area contributed by atoms with Crippen molar-refractivity contribution in [3.63, 3.8) is 0 Å². The van der Waals surface area contributed by atoms with E-state index in [1.165, 1.54) is 6.07 Å². The van der Waals surface area contributed by atoms with E-state index in [9.17, 15) is 8.78 Å². The van der Waals surface area contributed by atoms with Crippen LogP contribution in [-0.4, -0.2) is 6.54 Å². The van der Waals surface area contributed by atoms with Crippen LogP contribution < -0.4 is 5.32 Å². The molecule has 1 N–H and O–H groups in total. The molecule has 0 amide bonds. The maximum atomic E-state index is 13.8. The molecule has 112 valence electrons. The summed E-state index contributed by atoms with van der Waals surface area (Å²) in [6.45, 7) is 3.63. The van der Waals surface area contributed by atoms with E-state index in [1.807, 2.05) is 12.1 Å². The molecule has 1 nitrogen and oxygen atoms in total. The van der Waals surface area contributed by atoms with Crippen LogP contribution in [0.25, 0.3) is 0 Å². The van der Waals surface area contributed by atoms with Crippen molar-refractivity contribution in [2.75, 3.05) is 6.54 Å². The predicted molar refractivity (Wildman–Crippen MR) is 83.9 cm³/mol. The molecule has 0 bridgehead atoms. The van der Waals surface area contributed by atoms with Gasteiger partial charge in [0.2, 0.25) is 0 Å². The van der Waals surface area contributed by atoms with E-state index in [0.29, 0.717) is 11.6 Å². The Morgan fingerprint density at radius 3 is 2.76 bits per heavy atom. The van der Waals surface area contributed by atoms with Crippen LogP contribution in [0.1, 0.15) is 18.9 Å². The van der Waals surface area contributed by atoms with Crippen molar-refractivity contribution in [3.8, 4) is 0 Å². The first-order valence-electron chi connectivity index (χ1n) is 6.73. The van der Waals surface area contributed by atoms with Gasteiger partial charge in [0, 0.05) is 11.4 Å². The van der Waals surface area contributed by atoms with Crippen molar-refractivity contribution in [1.29, 1.82) is 0 Å². The number of rotatable bonds is 6. The Bertz CT molecular complexity index is 619. The second-order valence-electron chi connectivity index (χ2n) is 4.58. The highest BCUT2D eigenvalue weighted by atomic mass is 35.5. The van der Waals surface area contributed by atoms with Crippen LogP contribution in [0, 0.1) is 11.6 Å². The number of halogens is 3. The highest BCUT2D eigenvalue weighted by molar-refractivity contribution is 7.99. The molecule has 5 heteroatoms. The minimum atomic E-state index is -0.461. The van der Waals surface area contributed by atoms with Crippen LogP contribution >= 0.6 is 23.4 Å². The first-order chi connectivity index (χ1) is 10.1. The molecule has 0 aliphatic rings. The van der Waals surface area contributed by atoms with Crippen LogP contribution in [0.3, 0.4) is 0 Å².